The van der Waals surface area contributed by atoms with Gasteiger partial charge in [-0.05, 0) is 30.7 Å². The lowest BCUT2D eigenvalue weighted by molar-refractivity contribution is -0.141. The van der Waals surface area contributed by atoms with Crippen LogP contribution in [-0.4, -0.2) is 49.0 Å². The average molecular weight is 460 g/mol. The fraction of sp³-hybridized carbons (Fsp3) is 0.318. The first-order chi connectivity index (χ1) is 15.2. The van der Waals surface area contributed by atoms with Crippen molar-refractivity contribution in [1.82, 2.24) is 5.01 Å². The summed E-state index contributed by atoms with van der Waals surface area (Å²) in [7, 11) is -3.52. The first-order valence-corrected chi connectivity index (χ1v) is 12.0. The summed E-state index contributed by atoms with van der Waals surface area (Å²) in [5, 5.41) is 14.8. The maximum absolute atomic E-state index is 12.8. The van der Waals surface area contributed by atoms with Crippen LogP contribution in [0.1, 0.15) is 43.4 Å². The van der Waals surface area contributed by atoms with Crippen molar-refractivity contribution in [3.8, 4) is 5.75 Å². The van der Waals surface area contributed by atoms with E-state index in [2.05, 4.69) is 9.82 Å². The Morgan fingerprint density at radius 3 is 2.62 bits per heavy atom. The smallest absolute Gasteiger partial charge is 0.303 e. The number of hydrazone groups is 1. The van der Waals surface area contributed by atoms with Crippen LogP contribution in [-0.2, 0) is 19.6 Å². The zero-order chi connectivity index (χ0) is 23.3. The van der Waals surface area contributed by atoms with E-state index in [0.29, 0.717) is 35.7 Å². The number of para-hydroxylation sites is 1. The van der Waals surface area contributed by atoms with Crippen molar-refractivity contribution in [1.29, 1.82) is 0 Å². The zero-order valence-electron chi connectivity index (χ0n) is 17.8. The number of carbonyl (C=O) groups is 2. The van der Waals surface area contributed by atoms with Crippen LogP contribution >= 0.6 is 0 Å². The second-order valence-corrected chi connectivity index (χ2v) is 9.07. The Bertz CT molecular complexity index is 1150. The Hall–Kier alpha value is -3.40. The highest BCUT2D eigenvalue weighted by atomic mass is 32.2. The van der Waals surface area contributed by atoms with Crippen LogP contribution in [0.2, 0.25) is 0 Å². The second-order valence-electron chi connectivity index (χ2n) is 7.32. The van der Waals surface area contributed by atoms with Gasteiger partial charge in [-0.2, -0.15) is 5.10 Å². The van der Waals surface area contributed by atoms with E-state index in [1.54, 1.807) is 24.3 Å². The minimum Gasteiger partial charge on any atom is -0.494 e. The number of carboxylic acid groups (broad SMARTS) is 1. The van der Waals surface area contributed by atoms with Crippen LogP contribution in [0.15, 0.2) is 53.6 Å². The number of rotatable bonds is 9. The molecule has 170 valence electrons. The Labute approximate surface area is 186 Å². The molecule has 0 radical (unpaired) electrons. The van der Waals surface area contributed by atoms with Crippen LogP contribution in [0.4, 0.5) is 5.69 Å². The van der Waals surface area contributed by atoms with E-state index in [-0.39, 0.29) is 12.8 Å². The number of carboxylic acids is 1. The molecule has 1 aliphatic heterocycles. The molecular formula is C22H25N3O6S. The highest BCUT2D eigenvalue weighted by Crippen LogP contribution is 2.36. The normalized spacial score (nSPS) is 15.9. The lowest BCUT2D eigenvalue weighted by atomic mass is 9.97. The van der Waals surface area contributed by atoms with E-state index >= 15 is 0 Å². The van der Waals surface area contributed by atoms with Crippen molar-refractivity contribution in [2.45, 2.75) is 32.2 Å². The van der Waals surface area contributed by atoms with Gasteiger partial charge in [0.1, 0.15) is 5.75 Å². The maximum Gasteiger partial charge on any atom is 0.303 e. The van der Waals surface area contributed by atoms with Gasteiger partial charge in [-0.25, -0.2) is 13.4 Å². The predicted molar refractivity (Wildman–Crippen MR) is 120 cm³/mol. The molecule has 2 aromatic carbocycles. The van der Waals surface area contributed by atoms with Gasteiger partial charge in [0.2, 0.25) is 15.9 Å². The van der Waals surface area contributed by atoms with Gasteiger partial charge in [0.15, 0.2) is 0 Å². The molecule has 0 aromatic heterocycles. The molecule has 32 heavy (non-hydrogen) atoms. The number of carbonyl (C=O) groups excluding carboxylic acids is 1. The monoisotopic (exact) mass is 459 g/mol. The molecule has 9 nitrogen and oxygen atoms in total. The summed E-state index contributed by atoms with van der Waals surface area (Å²) in [4.78, 5) is 23.8. The van der Waals surface area contributed by atoms with Crippen molar-refractivity contribution < 1.29 is 27.9 Å². The van der Waals surface area contributed by atoms with Gasteiger partial charge in [0, 0.05) is 18.4 Å². The summed E-state index contributed by atoms with van der Waals surface area (Å²) in [6.45, 7) is 2.36. The van der Waals surface area contributed by atoms with E-state index in [1.165, 1.54) is 5.01 Å². The Kier molecular flexibility index (Phi) is 7.14. The van der Waals surface area contributed by atoms with Gasteiger partial charge in [0.25, 0.3) is 0 Å². The molecule has 1 unspecified atom stereocenters. The number of hydrogen-bond donors (Lipinski definition) is 2. The van der Waals surface area contributed by atoms with E-state index in [4.69, 9.17) is 9.84 Å². The van der Waals surface area contributed by atoms with Crippen molar-refractivity contribution in [2.75, 3.05) is 17.6 Å². The quantitative estimate of drug-likeness (QED) is 0.594. The van der Waals surface area contributed by atoms with Crippen molar-refractivity contribution in [3.05, 3.63) is 59.7 Å². The fourth-order valence-corrected chi connectivity index (χ4v) is 4.07. The van der Waals surface area contributed by atoms with Crippen LogP contribution in [0.25, 0.3) is 0 Å². The molecule has 0 aliphatic carbocycles. The summed E-state index contributed by atoms with van der Waals surface area (Å²) < 4.78 is 31.6. The van der Waals surface area contributed by atoms with Gasteiger partial charge in [-0.3, -0.25) is 14.3 Å². The lowest BCUT2D eigenvalue weighted by Crippen LogP contribution is -2.27. The molecule has 0 fully saturated rings. The molecule has 1 atom stereocenters. The lowest BCUT2D eigenvalue weighted by Gasteiger charge is -2.22. The zero-order valence-corrected chi connectivity index (χ0v) is 18.6. The molecule has 0 bridgehead atoms. The molecule has 0 spiro atoms. The first-order valence-electron chi connectivity index (χ1n) is 10.1. The summed E-state index contributed by atoms with van der Waals surface area (Å²) in [5.41, 5.74) is 2.21. The highest BCUT2D eigenvalue weighted by Gasteiger charge is 2.34. The van der Waals surface area contributed by atoms with E-state index in [0.717, 1.165) is 11.8 Å². The van der Waals surface area contributed by atoms with Crippen molar-refractivity contribution in [3.63, 3.8) is 0 Å². The van der Waals surface area contributed by atoms with Crippen LogP contribution in [0.5, 0.6) is 5.75 Å². The molecule has 0 saturated carbocycles. The number of hydrogen-bond acceptors (Lipinski definition) is 6. The topological polar surface area (TPSA) is 125 Å². The summed E-state index contributed by atoms with van der Waals surface area (Å²) in [6, 6.07) is 13.6. The Balaban J connectivity index is 1.99. The van der Waals surface area contributed by atoms with E-state index in [1.807, 2.05) is 31.2 Å². The van der Waals surface area contributed by atoms with Crippen molar-refractivity contribution >= 4 is 33.3 Å². The number of amides is 1. The number of nitrogens with one attached hydrogen (secondary N) is 1. The number of ether oxygens (including phenoxy) is 1. The number of anilines is 1. The first kappa shape index (κ1) is 23.3. The molecule has 10 heteroatoms. The highest BCUT2D eigenvalue weighted by molar-refractivity contribution is 7.92. The van der Waals surface area contributed by atoms with Gasteiger partial charge >= 0.3 is 5.97 Å². The van der Waals surface area contributed by atoms with Gasteiger partial charge in [-0.15, -0.1) is 0 Å². The summed E-state index contributed by atoms with van der Waals surface area (Å²) in [5.74, 6) is -0.849. The van der Waals surface area contributed by atoms with Gasteiger partial charge in [0.05, 0.1) is 36.7 Å². The van der Waals surface area contributed by atoms with Gasteiger partial charge < -0.3 is 9.84 Å². The summed E-state index contributed by atoms with van der Waals surface area (Å²) in [6.07, 6.45) is 0.885. The SMILES string of the molecule is CCOc1cccc(C2CC(c3ccccc3NS(C)(=O)=O)=NN2C(=O)CCC(=O)O)c1. The van der Waals surface area contributed by atoms with Crippen molar-refractivity contribution in [2.24, 2.45) is 5.10 Å². The maximum atomic E-state index is 12.8. The molecule has 1 amide bonds. The summed E-state index contributed by atoms with van der Waals surface area (Å²) >= 11 is 0. The number of nitrogens with zero attached hydrogens (tertiary/aromatic N) is 2. The van der Waals surface area contributed by atoms with E-state index in [9.17, 15) is 18.0 Å². The Morgan fingerprint density at radius 1 is 1.19 bits per heavy atom. The molecule has 1 aliphatic rings. The Morgan fingerprint density at radius 2 is 1.94 bits per heavy atom. The van der Waals surface area contributed by atoms with Crippen LogP contribution in [0, 0.1) is 0 Å². The largest absolute Gasteiger partial charge is 0.494 e. The average Bonchev–Trinajstić information content (AvgIpc) is 3.17. The molecule has 2 aromatic rings. The van der Waals surface area contributed by atoms with Crippen LogP contribution < -0.4 is 9.46 Å². The number of aliphatic carboxylic acids is 1. The second kappa shape index (κ2) is 9.82. The standard InChI is InChI=1S/C22H25N3O6S/c1-3-31-16-8-6-7-15(13-16)20-14-19(23-25(20)21(26)11-12-22(27)28)17-9-4-5-10-18(17)24-32(2,29)30/h4-10,13,20,24H,3,11-12,14H2,1-2H3,(H,27,28). The molecule has 0 saturated heterocycles. The molecule has 3 rings (SSSR count). The minimum atomic E-state index is -3.52. The number of sulfonamides is 1. The third-order valence-electron chi connectivity index (χ3n) is 4.81. The predicted octanol–water partition coefficient (Wildman–Crippen LogP) is 3.00. The number of benzene rings is 2. The molecule has 2 N–H and O–H groups in total. The van der Waals surface area contributed by atoms with Crippen LogP contribution in [0.3, 0.4) is 0 Å². The van der Waals surface area contributed by atoms with E-state index < -0.39 is 27.9 Å². The van der Waals surface area contributed by atoms with Gasteiger partial charge in [-0.1, -0.05) is 30.3 Å². The fourth-order valence-electron chi connectivity index (χ4n) is 3.49. The third kappa shape index (κ3) is 5.85. The third-order valence-corrected chi connectivity index (χ3v) is 5.40. The molecular weight excluding hydrogens is 434 g/mol. The minimum absolute atomic E-state index is 0.197. The molecule has 1 heterocycles.